The summed E-state index contributed by atoms with van der Waals surface area (Å²) in [6.07, 6.45) is -0.641. The normalized spacial score (nSPS) is 12.2. The summed E-state index contributed by atoms with van der Waals surface area (Å²) in [5.74, 6) is -0.348. The largest absolute Gasteiger partial charge is 0.443 e. The van der Waals surface area contributed by atoms with E-state index in [4.69, 9.17) is 4.74 Å². The molecule has 0 radical (unpaired) electrons. The molecule has 0 saturated heterocycles. The molecule has 0 fully saturated rings. The number of hydrogen-bond acceptors (Lipinski definition) is 3. The van der Waals surface area contributed by atoms with Crippen molar-refractivity contribution in [2.45, 2.75) is 33.3 Å². The van der Waals surface area contributed by atoms with E-state index >= 15 is 0 Å². The first-order valence-electron chi connectivity index (χ1n) is 5.57. The molecule has 0 aromatic heterocycles. The van der Waals surface area contributed by atoms with Crippen molar-refractivity contribution >= 4 is 11.8 Å². The summed E-state index contributed by atoms with van der Waals surface area (Å²) in [4.78, 5) is 11.3. The van der Waals surface area contributed by atoms with Gasteiger partial charge in [-0.25, -0.2) is 14.6 Å². The van der Waals surface area contributed by atoms with Gasteiger partial charge in [0, 0.05) is 5.56 Å². The summed E-state index contributed by atoms with van der Waals surface area (Å²) in [6, 6.07) is 5.98. The third-order valence-electron chi connectivity index (χ3n) is 1.96. The van der Waals surface area contributed by atoms with Crippen molar-refractivity contribution in [1.29, 1.82) is 0 Å². The van der Waals surface area contributed by atoms with Crippen LogP contribution in [0.15, 0.2) is 29.4 Å². The number of nitrogens with one attached hydrogen (secondary N) is 1. The van der Waals surface area contributed by atoms with E-state index in [2.05, 4.69) is 10.5 Å². The maximum absolute atomic E-state index is 13.0. The summed E-state index contributed by atoms with van der Waals surface area (Å²) in [5.41, 5.74) is 2.79. The van der Waals surface area contributed by atoms with Crippen LogP contribution in [0.3, 0.4) is 0 Å². The number of halogens is 1. The van der Waals surface area contributed by atoms with Gasteiger partial charge in [0.25, 0.3) is 0 Å². The zero-order valence-electron chi connectivity index (χ0n) is 11.0. The maximum atomic E-state index is 13.0. The Morgan fingerprint density at radius 2 is 2.06 bits per heavy atom. The predicted octanol–water partition coefficient (Wildman–Crippen LogP) is 3.07. The first-order valence-corrected chi connectivity index (χ1v) is 5.57. The van der Waals surface area contributed by atoms with Gasteiger partial charge in [0.2, 0.25) is 0 Å². The molecule has 0 aliphatic carbocycles. The fourth-order valence-corrected chi connectivity index (χ4v) is 1.21. The molecule has 1 aromatic carbocycles. The van der Waals surface area contributed by atoms with Crippen molar-refractivity contribution in [3.8, 4) is 0 Å². The molecule has 0 aliphatic rings. The molecule has 0 spiro atoms. The Labute approximate surface area is 106 Å². The van der Waals surface area contributed by atoms with E-state index in [1.54, 1.807) is 39.8 Å². The van der Waals surface area contributed by atoms with E-state index in [0.717, 1.165) is 0 Å². The van der Waals surface area contributed by atoms with Crippen LogP contribution in [-0.4, -0.2) is 17.4 Å². The van der Waals surface area contributed by atoms with Gasteiger partial charge in [-0.2, -0.15) is 5.10 Å². The average molecular weight is 252 g/mol. The van der Waals surface area contributed by atoms with E-state index in [1.165, 1.54) is 12.1 Å². The molecular weight excluding hydrogens is 235 g/mol. The summed E-state index contributed by atoms with van der Waals surface area (Å²) in [7, 11) is 0. The molecule has 0 heterocycles. The number of benzene rings is 1. The Kier molecular flexibility index (Phi) is 4.42. The topological polar surface area (TPSA) is 50.7 Å². The highest BCUT2D eigenvalue weighted by molar-refractivity contribution is 5.99. The van der Waals surface area contributed by atoms with Gasteiger partial charge in [-0.3, -0.25) is 0 Å². The van der Waals surface area contributed by atoms with E-state index < -0.39 is 11.7 Å². The molecule has 0 saturated carbocycles. The zero-order chi connectivity index (χ0) is 13.8. The van der Waals surface area contributed by atoms with E-state index in [-0.39, 0.29) is 5.82 Å². The number of carbonyl (C=O) groups is 1. The number of carbonyl (C=O) groups excluding carboxylic acids is 1. The molecule has 0 atom stereocenters. The van der Waals surface area contributed by atoms with Gasteiger partial charge < -0.3 is 4.74 Å². The molecule has 1 amide bonds. The van der Waals surface area contributed by atoms with Gasteiger partial charge in [0.05, 0.1) is 5.71 Å². The summed E-state index contributed by atoms with van der Waals surface area (Å²) in [6.45, 7) is 6.95. The average Bonchev–Trinajstić information content (AvgIpc) is 2.23. The summed E-state index contributed by atoms with van der Waals surface area (Å²) < 4.78 is 18.0. The van der Waals surface area contributed by atoms with Crippen LogP contribution in [0, 0.1) is 5.82 Å². The van der Waals surface area contributed by atoms with Gasteiger partial charge in [-0.05, 0) is 39.8 Å². The highest BCUT2D eigenvalue weighted by Crippen LogP contribution is 2.07. The van der Waals surface area contributed by atoms with E-state index in [9.17, 15) is 9.18 Å². The number of ether oxygens (including phenoxy) is 1. The molecule has 98 valence electrons. The molecule has 4 nitrogen and oxygen atoms in total. The Bertz CT molecular complexity index is 464. The second kappa shape index (κ2) is 5.62. The van der Waals surface area contributed by atoms with Crippen LogP contribution in [-0.2, 0) is 4.74 Å². The summed E-state index contributed by atoms with van der Waals surface area (Å²) >= 11 is 0. The lowest BCUT2D eigenvalue weighted by atomic mass is 10.1. The number of amides is 1. The minimum absolute atomic E-state index is 0.348. The number of hydrazone groups is 1. The van der Waals surface area contributed by atoms with Gasteiger partial charge in [0.1, 0.15) is 11.4 Å². The Morgan fingerprint density at radius 1 is 1.39 bits per heavy atom. The molecular formula is C13H17FN2O2. The van der Waals surface area contributed by atoms with Crippen LogP contribution >= 0.6 is 0 Å². The standard InChI is InChI=1S/C13H17FN2O2/c1-9(10-6-5-7-11(14)8-10)15-16-12(17)18-13(2,3)4/h5-8H,1-4H3,(H,16,17)/b15-9+. The number of nitrogens with zero attached hydrogens (tertiary/aromatic N) is 1. The second-order valence-electron chi connectivity index (χ2n) is 4.82. The maximum Gasteiger partial charge on any atom is 0.428 e. The predicted molar refractivity (Wildman–Crippen MR) is 68.0 cm³/mol. The van der Waals surface area contributed by atoms with Crippen LogP contribution in [0.1, 0.15) is 33.3 Å². The molecule has 1 rings (SSSR count). The highest BCUT2D eigenvalue weighted by Gasteiger charge is 2.15. The monoisotopic (exact) mass is 252 g/mol. The van der Waals surface area contributed by atoms with Crippen LogP contribution in [0.25, 0.3) is 0 Å². The van der Waals surface area contributed by atoms with E-state index in [1.807, 2.05) is 0 Å². The summed E-state index contributed by atoms with van der Waals surface area (Å²) in [5, 5.41) is 3.85. The van der Waals surface area contributed by atoms with Crippen LogP contribution in [0.2, 0.25) is 0 Å². The third-order valence-corrected chi connectivity index (χ3v) is 1.96. The lowest BCUT2D eigenvalue weighted by Crippen LogP contribution is -2.30. The third kappa shape index (κ3) is 4.95. The van der Waals surface area contributed by atoms with Crippen LogP contribution in [0.5, 0.6) is 0 Å². The molecule has 18 heavy (non-hydrogen) atoms. The van der Waals surface area contributed by atoms with Crippen LogP contribution in [0.4, 0.5) is 9.18 Å². The second-order valence-corrected chi connectivity index (χ2v) is 4.82. The first kappa shape index (κ1) is 14.2. The van der Waals surface area contributed by atoms with Crippen molar-refractivity contribution < 1.29 is 13.9 Å². The first-order chi connectivity index (χ1) is 8.28. The zero-order valence-corrected chi connectivity index (χ0v) is 11.0. The van der Waals surface area contributed by atoms with Crippen molar-refractivity contribution in [2.75, 3.05) is 0 Å². The molecule has 1 N–H and O–H groups in total. The fourth-order valence-electron chi connectivity index (χ4n) is 1.21. The SMILES string of the molecule is C/C(=N\NC(=O)OC(C)(C)C)c1cccc(F)c1. The Hall–Kier alpha value is -1.91. The van der Waals surface area contributed by atoms with Gasteiger partial charge in [-0.1, -0.05) is 12.1 Å². The van der Waals surface area contributed by atoms with Crippen molar-refractivity contribution in [3.63, 3.8) is 0 Å². The molecule has 0 aliphatic heterocycles. The van der Waals surface area contributed by atoms with Gasteiger partial charge in [0.15, 0.2) is 0 Å². The Morgan fingerprint density at radius 3 is 2.61 bits per heavy atom. The molecule has 0 unspecified atom stereocenters. The molecule has 0 bridgehead atoms. The van der Waals surface area contributed by atoms with Crippen molar-refractivity contribution in [2.24, 2.45) is 5.10 Å². The highest BCUT2D eigenvalue weighted by atomic mass is 19.1. The Balaban J connectivity index is 2.65. The smallest absolute Gasteiger partial charge is 0.428 e. The minimum atomic E-state index is -0.641. The number of hydrogen-bond donors (Lipinski definition) is 1. The number of rotatable bonds is 2. The molecule has 5 heteroatoms. The molecule has 1 aromatic rings. The van der Waals surface area contributed by atoms with Crippen molar-refractivity contribution in [1.82, 2.24) is 5.43 Å². The minimum Gasteiger partial charge on any atom is -0.443 e. The van der Waals surface area contributed by atoms with Crippen molar-refractivity contribution in [3.05, 3.63) is 35.6 Å². The lowest BCUT2D eigenvalue weighted by molar-refractivity contribution is 0.0529. The van der Waals surface area contributed by atoms with Gasteiger partial charge in [-0.15, -0.1) is 0 Å². The van der Waals surface area contributed by atoms with Crippen LogP contribution < -0.4 is 5.43 Å². The van der Waals surface area contributed by atoms with E-state index in [0.29, 0.717) is 11.3 Å². The lowest BCUT2D eigenvalue weighted by Gasteiger charge is -2.18. The quantitative estimate of drug-likeness (QED) is 0.649. The fraction of sp³-hybridized carbons (Fsp3) is 0.385. The van der Waals surface area contributed by atoms with Gasteiger partial charge >= 0.3 is 6.09 Å².